The Morgan fingerprint density at radius 1 is 1.29 bits per heavy atom. The first-order valence-electron chi connectivity index (χ1n) is 6.87. The van der Waals surface area contributed by atoms with Crippen molar-refractivity contribution in [2.75, 3.05) is 13.2 Å². The molecule has 1 aromatic rings. The summed E-state index contributed by atoms with van der Waals surface area (Å²) in [6, 6.07) is 8.59. The minimum Gasteiger partial charge on any atom is -0.479 e. The molecular formula is C15H20N2O4. The highest BCUT2D eigenvalue weighted by Crippen LogP contribution is 2.24. The fourth-order valence-corrected chi connectivity index (χ4v) is 2.33. The third-order valence-corrected chi connectivity index (χ3v) is 3.98. The van der Waals surface area contributed by atoms with Crippen molar-refractivity contribution in [2.45, 2.75) is 30.8 Å². The molecule has 0 radical (unpaired) electrons. The summed E-state index contributed by atoms with van der Waals surface area (Å²) >= 11 is 0. The summed E-state index contributed by atoms with van der Waals surface area (Å²) in [5, 5.41) is 12.1. The Hall–Kier alpha value is -1.92. The molecule has 4 N–H and O–H groups in total. The standard InChI is InChI=1S/C15H20N2O4/c1-14(13(19)20,11-5-3-2-4-6-11)17-12(18)15(16)7-9-21-10-8-15/h2-6H,7-10,16H2,1H3,(H,17,18)(H,19,20). The summed E-state index contributed by atoms with van der Waals surface area (Å²) in [7, 11) is 0. The highest BCUT2D eigenvalue weighted by atomic mass is 16.5. The van der Waals surface area contributed by atoms with E-state index < -0.39 is 23.0 Å². The zero-order valence-corrected chi connectivity index (χ0v) is 12.0. The summed E-state index contributed by atoms with van der Waals surface area (Å²) in [6.45, 7) is 2.27. The number of aliphatic carboxylic acids is 1. The summed E-state index contributed by atoms with van der Waals surface area (Å²) < 4.78 is 5.20. The third-order valence-electron chi connectivity index (χ3n) is 3.98. The van der Waals surface area contributed by atoms with Crippen molar-refractivity contribution >= 4 is 11.9 Å². The molecule has 1 fully saturated rings. The lowest BCUT2D eigenvalue weighted by Gasteiger charge is -2.36. The molecule has 1 saturated heterocycles. The van der Waals surface area contributed by atoms with Crippen LogP contribution in [0.4, 0.5) is 0 Å². The van der Waals surface area contributed by atoms with Crippen molar-refractivity contribution in [3.63, 3.8) is 0 Å². The predicted molar refractivity (Wildman–Crippen MR) is 76.5 cm³/mol. The molecule has 0 aromatic heterocycles. The molecule has 21 heavy (non-hydrogen) atoms. The van der Waals surface area contributed by atoms with Crippen molar-refractivity contribution in [1.29, 1.82) is 0 Å². The van der Waals surface area contributed by atoms with Gasteiger partial charge in [0, 0.05) is 13.2 Å². The quantitative estimate of drug-likeness (QED) is 0.754. The van der Waals surface area contributed by atoms with Crippen molar-refractivity contribution in [3.8, 4) is 0 Å². The van der Waals surface area contributed by atoms with E-state index in [1.54, 1.807) is 30.3 Å². The van der Waals surface area contributed by atoms with Gasteiger partial charge in [-0.15, -0.1) is 0 Å². The topological polar surface area (TPSA) is 102 Å². The maximum absolute atomic E-state index is 12.5. The second-order valence-electron chi connectivity index (χ2n) is 5.52. The molecule has 6 nitrogen and oxygen atoms in total. The number of carbonyl (C=O) groups is 2. The molecule has 1 amide bonds. The van der Waals surface area contributed by atoms with Crippen molar-refractivity contribution in [1.82, 2.24) is 5.32 Å². The molecular weight excluding hydrogens is 272 g/mol. The van der Waals surface area contributed by atoms with Gasteiger partial charge < -0.3 is 20.9 Å². The molecule has 1 aromatic carbocycles. The molecule has 114 valence electrons. The lowest BCUT2D eigenvalue weighted by Crippen LogP contribution is -2.62. The van der Waals surface area contributed by atoms with Gasteiger partial charge >= 0.3 is 5.97 Å². The molecule has 1 aliphatic rings. The average Bonchev–Trinajstić information content (AvgIpc) is 2.48. The number of nitrogens with one attached hydrogen (secondary N) is 1. The summed E-state index contributed by atoms with van der Waals surface area (Å²) in [6.07, 6.45) is 0.757. The second kappa shape index (κ2) is 5.83. The van der Waals surface area contributed by atoms with E-state index in [0.29, 0.717) is 31.6 Å². The van der Waals surface area contributed by atoms with Crippen LogP contribution >= 0.6 is 0 Å². The monoisotopic (exact) mass is 292 g/mol. The van der Waals surface area contributed by atoms with Crippen LogP contribution in [0.3, 0.4) is 0 Å². The molecule has 6 heteroatoms. The maximum Gasteiger partial charge on any atom is 0.333 e. The largest absolute Gasteiger partial charge is 0.479 e. The number of rotatable bonds is 4. The highest BCUT2D eigenvalue weighted by molar-refractivity contribution is 5.92. The lowest BCUT2D eigenvalue weighted by atomic mass is 9.86. The van der Waals surface area contributed by atoms with Gasteiger partial charge in [0.15, 0.2) is 5.54 Å². The lowest BCUT2D eigenvalue weighted by molar-refractivity contribution is -0.149. The Kier molecular flexibility index (Phi) is 4.29. The normalized spacial score (nSPS) is 20.3. The predicted octanol–water partition coefficient (Wildman–Crippen LogP) is 0.611. The smallest absolute Gasteiger partial charge is 0.333 e. The summed E-state index contributed by atoms with van der Waals surface area (Å²) in [4.78, 5) is 24.1. The van der Waals surface area contributed by atoms with Crippen LogP contribution in [0.15, 0.2) is 30.3 Å². The molecule has 0 aliphatic carbocycles. The van der Waals surface area contributed by atoms with E-state index in [2.05, 4.69) is 5.32 Å². The van der Waals surface area contributed by atoms with E-state index in [1.165, 1.54) is 6.92 Å². The van der Waals surface area contributed by atoms with Crippen molar-refractivity contribution in [2.24, 2.45) is 5.73 Å². The van der Waals surface area contributed by atoms with Crippen molar-refractivity contribution in [3.05, 3.63) is 35.9 Å². The average molecular weight is 292 g/mol. The van der Waals surface area contributed by atoms with Crippen LogP contribution in [-0.2, 0) is 19.9 Å². The summed E-state index contributed by atoms with van der Waals surface area (Å²) in [5.74, 6) is -1.59. The van der Waals surface area contributed by atoms with E-state index in [9.17, 15) is 14.7 Å². The molecule has 0 bridgehead atoms. The van der Waals surface area contributed by atoms with Crippen molar-refractivity contribution < 1.29 is 19.4 Å². The minimum absolute atomic E-state index is 0.378. The number of carbonyl (C=O) groups excluding carboxylic acids is 1. The van der Waals surface area contributed by atoms with Crippen LogP contribution in [0.5, 0.6) is 0 Å². The van der Waals surface area contributed by atoms with Crippen LogP contribution in [0.2, 0.25) is 0 Å². The van der Waals surface area contributed by atoms with E-state index in [0.717, 1.165) is 0 Å². The molecule has 0 saturated carbocycles. The minimum atomic E-state index is -1.51. The fourth-order valence-electron chi connectivity index (χ4n) is 2.33. The van der Waals surface area contributed by atoms with Gasteiger partial charge in [-0.1, -0.05) is 30.3 Å². The van der Waals surface area contributed by atoms with Crippen LogP contribution in [0, 0.1) is 0 Å². The van der Waals surface area contributed by atoms with Crippen LogP contribution < -0.4 is 11.1 Å². The van der Waals surface area contributed by atoms with Gasteiger partial charge in [0.1, 0.15) is 0 Å². The van der Waals surface area contributed by atoms with Gasteiger partial charge in [0.05, 0.1) is 5.54 Å². The Bertz CT molecular complexity index is 526. The van der Waals surface area contributed by atoms with Gasteiger partial charge in [-0.3, -0.25) is 4.79 Å². The van der Waals surface area contributed by atoms with E-state index >= 15 is 0 Å². The van der Waals surface area contributed by atoms with Crippen LogP contribution in [0.25, 0.3) is 0 Å². The molecule has 0 spiro atoms. The molecule has 1 unspecified atom stereocenters. The van der Waals surface area contributed by atoms with Gasteiger partial charge in [0.25, 0.3) is 0 Å². The van der Waals surface area contributed by atoms with E-state index in [1.807, 2.05) is 0 Å². The zero-order chi connectivity index (χ0) is 15.5. The fraction of sp³-hybridized carbons (Fsp3) is 0.467. The first kappa shape index (κ1) is 15.5. The molecule has 1 atom stereocenters. The zero-order valence-electron chi connectivity index (χ0n) is 12.0. The Morgan fingerprint density at radius 2 is 1.86 bits per heavy atom. The van der Waals surface area contributed by atoms with Crippen LogP contribution in [-0.4, -0.2) is 35.7 Å². The van der Waals surface area contributed by atoms with Gasteiger partial charge in [-0.2, -0.15) is 0 Å². The number of hydrogen-bond acceptors (Lipinski definition) is 4. The second-order valence-corrected chi connectivity index (χ2v) is 5.52. The Labute approximate surface area is 123 Å². The van der Waals surface area contributed by atoms with Crippen LogP contribution in [0.1, 0.15) is 25.3 Å². The molecule has 2 rings (SSSR count). The first-order chi connectivity index (χ1) is 9.88. The Balaban J connectivity index is 2.24. The molecule has 1 aliphatic heterocycles. The van der Waals surface area contributed by atoms with E-state index in [4.69, 9.17) is 10.5 Å². The Morgan fingerprint density at radius 3 is 2.38 bits per heavy atom. The number of benzene rings is 1. The van der Waals surface area contributed by atoms with Gasteiger partial charge in [-0.05, 0) is 25.3 Å². The van der Waals surface area contributed by atoms with Gasteiger partial charge in [-0.25, -0.2) is 4.79 Å². The highest BCUT2D eigenvalue weighted by Gasteiger charge is 2.43. The number of carboxylic acid groups (broad SMARTS) is 1. The number of hydrogen-bond donors (Lipinski definition) is 3. The van der Waals surface area contributed by atoms with Gasteiger partial charge in [0.2, 0.25) is 5.91 Å². The third kappa shape index (κ3) is 3.06. The SMILES string of the molecule is CC(NC(=O)C1(N)CCOCC1)(C(=O)O)c1ccccc1. The molecule has 1 heterocycles. The number of carboxylic acids is 1. The van der Waals surface area contributed by atoms with E-state index in [-0.39, 0.29) is 0 Å². The number of amides is 1. The maximum atomic E-state index is 12.5. The summed E-state index contributed by atoms with van der Waals surface area (Å²) in [5.41, 5.74) is 4.01. The first-order valence-corrected chi connectivity index (χ1v) is 6.87. The number of ether oxygens (including phenoxy) is 1. The number of nitrogens with two attached hydrogens (primary N) is 1.